The molecule has 2 heterocycles. The van der Waals surface area contributed by atoms with E-state index in [1.165, 1.54) is 10.6 Å². The highest BCUT2D eigenvalue weighted by Gasteiger charge is 2.08. The van der Waals surface area contributed by atoms with Crippen LogP contribution in [0.1, 0.15) is 0 Å². The summed E-state index contributed by atoms with van der Waals surface area (Å²) in [6, 6.07) is 9.06. The van der Waals surface area contributed by atoms with Crippen molar-refractivity contribution in [1.29, 1.82) is 0 Å². The molecule has 0 aliphatic carbocycles. The van der Waals surface area contributed by atoms with E-state index in [1.54, 1.807) is 19.5 Å². The van der Waals surface area contributed by atoms with Crippen LogP contribution in [-0.4, -0.2) is 21.7 Å². The number of fused-ring (bicyclic) bond motifs is 1. The largest absolute Gasteiger partial charge is 0.497 e. The molecule has 0 spiro atoms. The Labute approximate surface area is 103 Å². The minimum atomic E-state index is -0.150. The molecule has 5 nitrogen and oxygen atoms in total. The normalized spacial score (nSPS) is 10.7. The lowest BCUT2D eigenvalue weighted by Crippen LogP contribution is -2.12. The quantitative estimate of drug-likeness (QED) is 0.742. The fraction of sp³-hybridized carbons (Fsp3) is 0.0769. The Hall–Kier alpha value is -2.56. The number of rotatable bonds is 2. The van der Waals surface area contributed by atoms with Crippen molar-refractivity contribution < 1.29 is 4.74 Å². The predicted molar refractivity (Wildman–Crippen MR) is 67.8 cm³/mol. The van der Waals surface area contributed by atoms with Crippen molar-refractivity contribution in [2.75, 3.05) is 7.11 Å². The van der Waals surface area contributed by atoms with E-state index in [0.29, 0.717) is 5.65 Å². The summed E-state index contributed by atoms with van der Waals surface area (Å²) in [6.45, 7) is 0. The molecule has 1 aromatic carbocycles. The number of nitrogens with zero attached hydrogens (tertiary/aromatic N) is 2. The second-order valence-corrected chi connectivity index (χ2v) is 3.86. The molecule has 0 fully saturated rings. The molecule has 0 bridgehead atoms. The minimum absolute atomic E-state index is 0.150. The van der Waals surface area contributed by atoms with Crippen molar-refractivity contribution >= 4 is 5.65 Å². The van der Waals surface area contributed by atoms with Gasteiger partial charge < -0.3 is 9.72 Å². The molecule has 0 saturated heterocycles. The first kappa shape index (κ1) is 10.6. The maximum Gasteiger partial charge on any atom is 0.274 e. The predicted octanol–water partition coefficient (Wildman–Crippen LogP) is 1.70. The van der Waals surface area contributed by atoms with Gasteiger partial charge in [-0.3, -0.25) is 4.79 Å². The van der Waals surface area contributed by atoms with Crippen molar-refractivity contribution in [3.05, 3.63) is 53.1 Å². The average Bonchev–Trinajstić information content (AvgIpc) is 2.84. The first-order valence-corrected chi connectivity index (χ1v) is 5.49. The van der Waals surface area contributed by atoms with Gasteiger partial charge in [-0.25, -0.2) is 0 Å². The van der Waals surface area contributed by atoms with Crippen molar-refractivity contribution in [3.8, 4) is 16.9 Å². The van der Waals surface area contributed by atoms with Gasteiger partial charge in [-0.2, -0.15) is 9.61 Å². The molecule has 0 atom stereocenters. The van der Waals surface area contributed by atoms with Crippen LogP contribution in [0.2, 0.25) is 0 Å². The van der Waals surface area contributed by atoms with Gasteiger partial charge in [0.25, 0.3) is 5.56 Å². The van der Waals surface area contributed by atoms with Gasteiger partial charge >= 0.3 is 0 Å². The second-order valence-electron chi connectivity index (χ2n) is 3.86. The number of methoxy groups -OCH3 is 1. The number of benzene rings is 1. The molecule has 5 heteroatoms. The van der Waals surface area contributed by atoms with Gasteiger partial charge in [-0.1, -0.05) is 12.1 Å². The van der Waals surface area contributed by atoms with E-state index >= 15 is 0 Å². The third-order valence-electron chi connectivity index (χ3n) is 2.82. The number of hydrogen-bond acceptors (Lipinski definition) is 3. The van der Waals surface area contributed by atoms with Crippen LogP contribution >= 0.6 is 0 Å². The van der Waals surface area contributed by atoms with Crippen molar-refractivity contribution in [3.63, 3.8) is 0 Å². The third-order valence-corrected chi connectivity index (χ3v) is 2.82. The molecule has 0 saturated carbocycles. The summed E-state index contributed by atoms with van der Waals surface area (Å²) < 4.78 is 6.46. The summed E-state index contributed by atoms with van der Waals surface area (Å²) in [4.78, 5) is 14.6. The summed E-state index contributed by atoms with van der Waals surface area (Å²) in [5.74, 6) is 0.795. The van der Waals surface area contributed by atoms with Crippen LogP contribution < -0.4 is 10.3 Å². The summed E-state index contributed by atoms with van der Waals surface area (Å²) in [5.41, 5.74) is 2.40. The molecule has 3 rings (SSSR count). The van der Waals surface area contributed by atoms with Gasteiger partial charge in [0.1, 0.15) is 11.4 Å². The molecule has 0 radical (unpaired) electrons. The van der Waals surface area contributed by atoms with Crippen LogP contribution in [0.4, 0.5) is 0 Å². The standard InChI is InChI=1S/C13H11N3O2/c1-18-10-4-2-9(3-5-10)11-8-15-16-12(17)6-7-14-13(11)16/h2-8,14H,1H3. The van der Waals surface area contributed by atoms with E-state index in [9.17, 15) is 4.79 Å². The zero-order valence-corrected chi connectivity index (χ0v) is 9.75. The van der Waals surface area contributed by atoms with E-state index in [2.05, 4.69) is 10.1 Å². The number of ether oxygens (including phenoxy) is 1. The van der Waals surface area contributed by atoms with Crippen LogP contribution in [0, 0.1) is 0 Å². The monoisotopic (exact) mass is 241 g/mol. The Morgan fingerprint density at radius 1 is 1.22 bits per heavy atom. The highest BCUT2D eigenvalue weighted by Crippen LogP contribution is 2.24. The van der Waals surface area contributed by atoms with Crippen LogP contribution in [0.5, 0.6) is 5.75 Å². The number of hydrogen-bond donors (Lipinski definition) is 1. The number of aromatic amines is 1. The Bertz CT molecular complexity index is 741. The fourth-order valence-corrected chi connectivity index (χ4v) is 1.90. The molecule has 0 amide bonds. The maximum atomic E-state index is 11.6. The molecule has 0 aliphatic heterocycles. The van der Waals surface area contributed by atoms with Gasteiger partial charge in [0.2, 0.25) is 0 Å². The highest BCUT2D eigenvalue weighted by molar-refractivity contribution is 5.76. The first-order valence-electron chi connectivity index (χ1n) is 5.49. The lowest BCUT2D eigenvalue weighted by atomic mass is 10.1. The topological polar surface area (TPSA) is 59.4 Å². The maximum absolute atomic E-state index is 11.6. The molecular formula is C13H11N3O2. The van der Waals surface area contributed by atoms with Crippen molar-refractivity contribution in [1.82, 2.24) is 14.6 Å². The van der Waals surface area contributed by atoms with E-state index in [4.69, 9.17) is 4.74 Å². The number of H-pyrrole nitrogens is 1. The fourth-order valence-electron chi connectivity index (χ4n) is 1.90. The van der Waals surface area contributed by atoms with Gasteiger partial charge in [0, 0.05) is 17.8 Å². The van der Waals surface area contributed by atoms with E-state index in [-0.39, 0.29) is 5.56 Å². The highest BCUT2D eigenvalue weighted by atomic mass is 16.5. The van der Waals surface area contributed by atoms with Crippen molar-refractivity contribution in [2.45, 2.75) is 0 Å². The molecule has 0 unspecified atom stereocenters. The molecule has 2 aromatic heterocycles. The molecular weight excluding hydrogens is 230 g/mol. The summed E-state index contributed by atoms with van der Waals surface area (Å²) in [6.07, 6.45) is 3.29. The SMILES string of the molecule is COc1ccc(-c2cnn3c(=O)cc[nH]c23)cc1. The van der Waals surface area contributed by atoms with Gasteiger partial charge in [0.05, 0.1) is 13.3 Å². The van der Waals surface area contributed by atoms with E-state index < -0.39 is 0 Å². The second kappa shape index (κ2) is 4.03. The van der Waals surface area contributed by atoms with Gasteiger partial charge in [-0.15, -0.1) is 0 Å². The number of nitrogens with one attached hydrogen (secondary N) is 1. The Morgan fingerprint density at radius 2 is 2.00 bits per heavy atom. The van der Waals surface area contributed by atoms with E-state index in [1.807, 2.05) is 24.3 Å². The Morgan fingerprint density at radius 3 is 2.72 bits per heavy atom. The minimum Gasteiger partial charge on any atom is -0.497 e. The summed E-state index contributed by atoms with van der Waals surface area (Å²) >= 11 is 0. The van der Waals surface area contributed by atoms with Crippen molar-refractivity contribution in [2.24, 2.45) is 0 Å². The molecule has 0 aliphatic rings. The van der Waals surface area contributed by atoms with E-state index in [0.717, 1.165) is 16.9 Å². The number of aromatic nitrogens is 3. The summed E-state index contributed by atoms with van der Waals surface area (Å²) in [7, 11) is 1.63. The van der Waals surface area contributed by atoms with Crippen LogP contribution in [-0.2, 0) is 0 Å². The molecule has 1 N–H and O–H groups in total. The smallest absolute Gasteiger partial charge is 0.274 e. The third kappa shape index (κ3) is 1.57. The Balaban J connectivity index is 2.19. The average molecular weight is 241 g/mol. The zero-order valence-electron chi connectivity index (χ0n) is 9.75. The van der Waals surface area contributed by atoms with Crippen LogP contribution in [0.25, 0.3) is 16.8 Å². The molecule has 18 heavy (non-hydrogen) atoms. The summed E-state index contributed by atoms with van der Waals surface area (Å²) in [5, 5.41) is 4.08. The van der Waals surface area contributed by atoms with Gasteiger partial charge in [0.15, 0.2) is 0 Å². The van der Waals surface area contributed by atoms with Crippen LogP contribution in [0.3, 0.4) is 0 Å². The first-order chi connectivity index (χ1) is 8.79. The lowest BCUT2D eigenvalue weighted by molar-refractivity contribution is 0.415. The molecule has 3 aromatic rings. The zero-order chi connectivity index (χ0) is 12.5. The lowest BCUT2D eigenvalue weighted by Gasteiger charge is -2.01. The molecule has 90 valence electrons. The van der Waals surface area contributed by atoms with Gasteiger partial charge in [-0.05, 0) is 17.7 Å². The Kier molecular flexibility index (Phi) is 2.37. The van der Waals surface area contributed by atoms with Crippen LogP contribution in [0.15, 0.2) is 47.5 Å².